The number of pyridine rings is 1. The third kappa shape index (κ3) is 5.51. The molecule has 1 atom stereocenters. The van der Waals surface area contributed by atoms with Crippen LogP contribution in [0.5, 0.6) is 5.75 Å². The average molecular weight is 435 g/mol. The van der Waals surface area contributed by atoms with E-state index >= 15 is 0 Å². The molecule has 0 aliphatic carbocycles. The molecular formula is C24H25N3O5. The topological polar surface area (TPSA) is 106 Å². The summed E-state index contributed by atoms with van der Waals surface area (Å²) >= 11 is 0. The lowest BCUT2D eigenvalue weighted by Crippen LogP contribution is -2.32. The van der Waals surface area contributed by atoms with Crippen molar-refractivity contribution in [2.45, 2.75) is 44.8 Å². The summed E-state index contributed by atoms with van der Waals surface area (Å²) in [5.41, 5.74) is 2.65. The van der Waals surface area contributed by atoms with E-state index in [4.69, 9.17) is 14.4 Å². The maximum absolute atomic E-state index is 13.0. The third-order valence-corrected chi connectivity index (χ3v) is 5.51. The first-order valence-electron chi connectivity index (χ1n) is 10.7. The zero-order chi connectivity index (χ0) is 22.3. The van der Waals surface area contributed by atoms with Crippen molar-refractivity contribution < 1.29 is 24.0 Å². The van der Waals surface area contributed by atoms with Gasteiger partial charge in [-0.15, -0.1) is 0 Å². The molecule has 1 fully saturated rings. The van der Waals surface area contributed by atoms with Gasteiger partial charge in [0, 0.05) is 31.4 Å². The van der Waals surface area contributed by atoms with E-state index in [1.807, 2.05) is 41.3 Å². The fourth-order valence-corrected chi connectivity index (χ4v) is 3.83. The number of likely N-dealkylation sites (tertiary alicyclic amines) is 1. The van der Waals surface area contributed by atoms with Gasteiger partial charge in [-0.05, 0) is 48.2 Å². The van der Waals surface area contributed by atoms with Crippen molar-refractivity contribution >= 4 is 11.9 Å². The molecule has 2 aromatic heterocycles. The summed E-state index contributed by atoms with van der Waals surface area (Å²) in [7, 11) is 0. The number of rotatable bonds is 9. The van der Waals surface area contributed by atoms with Crippen LogP contribution in [-0.4, -0.2) is 38.6 Å². The Balaban J connectivity index is 1.33. The van der Waals surface area contributed by atoms with E-state index < -0.39 is 5.97 Å². The number of ether oxygens (including phenoxy) is 1. The summed E-state index contributed by atoms with van der Waals surface area (Å²) in [4.78, 5) is 29.5. The SMILES string of the molecule is O=C(O)CCc1cc(C2CCCN2C(=O)Cc2ccc(OCc3ccncc3)cc2)no1. The number of carboxylic acids is 1. The van der Waals surface area contributed by atoms with Gasteiger partial charge in [0.1, 0.15) is 23.8 Å². The highest BCUT2D eigenvalue weighted by Gasteiger charge is 2.32. The van der Waals surface area contributed by atoms with Gasteiger partial charge in [0.2, 0.25) is 5.91 Å². The molecule has 3 heterocycles. The van der Waals surface area contributed by atoms with E-state index in [9.17, 15) is 9.59 Å². The van der Waals surface area contributed by atoms with Gasteiger partial charge in [-0.3, -0.25) is 14.6 Å². The first-order valence-corrected chi connectivity index (χ1v) is 10.7. The Morgan fingerprint density at radius 3 is 2.66 bits per heavy atom. The van der Waals surface area contributed by atoms with Gasteiger partial charge in [-0.2, -0.15) is 0 Å². The predicted molar refractivity (Wildman–Crippen MR) is 115 cm³/mol. The van der Waals surface area contributed by atoms with Crippen LogP contribution in [0.4, 0.5) is 0 Å². The first-order chi connectivity index (χ1) is 15.6. The Morgan fingerprint density at radius 2 is 1.91 bits per heavy atom. The second kappa shape index (κ2) is 10.1. The summed E-state index contributed by atoms with van der Waals surface area (Å²) in [6, 6.07) is 13.0. The minimum Gasteiger partial charge on any atom is -0.489 e. The van der Waals surface area contributed by atoms with Crippen molar-refractivity contribution in [3.8, 4) is 5.75 Å². The van der Waals surface area contributed by atoms with E-state index in [0.29, 0.717) is 37.4 Å². The molecule has 0 bridgehead atoms. The summed E-state index contributed by atoms with van der Waals surface area (Å²) in [6.07, 6.45) is 5.76. The Kier molecular flexibility index (Phi) is 6.79. The van der Waals surface area contributed by atoms with E-state index in [-0.39, 0.29) is 18.4 Å². The smallest absolute Gasteiger partial charge is 0.303 e. The fourth-order valence-electron chi connectivity index (χ4n) is 3.83. The van der Waals surface area contributed by atoms with E-state index in [2.05, 4.69) is 10.1 Å². The third-order valence-electron chi connectivity index (χ3n) is 5.51. The molecule has 1 aliphatic heterocycles. The minimum absolute atomic E-state index is 0.00971. The molecule has 3 aromatic rings. The highest BCUT2D eigenvalue weighted by Crippen LogP contribution is 2.32. The van der Waals surface area contributed by atoms with Crippen LogP contribution in [0, 0.1) is 0 Å². The van der Waals surface area contributed by atoms with Crippen molar-refractivity contribution in [3.05, 3.63) is 77.4 Å². The number of amides is 1. The van der Waals surface area contributed by atoms with E-state index in [1.54, 1.807) is 18.5 Å². The molecule has 1 N–H and O–H groups in total. The zero-order valence-electron chi connectivity index (χ0n) is 17.6. The van der Waals surface area contributed by atoms with Gasteiger partial charge >= 0.3 is 5.97 Å². The molecule has 0 saturated carbocycles. The predicted octanol–water partition coefficient (Wildman–Crippen LogP) is 3.57. The van der Waals surface area contributed by atoms with Gasteiger partial charge < -0.3 is 19.3 Å². The Labute approximate surface area is 185 Å². The molecule has 0 spiro atoms. The van der Waals surface area contributed by atoms with Crippen molar-refractivity contribution in [1.82, 2.24) is 15.0 Å². The van der Waals surface area contributed by atoms with Crippen LogP contribution >= 0.6 is 0 Å². The monoisotopic (exact) mass is 435 g/mol. The first kappa shape index (κ1) is 21.5. The lowest BCUT2D eigenvalue weighted by molar-refractivity contribution is -0.137. The van der Waals surface area contributed by atoms with E-state index in [0.717, 1.165) is 29.7 Å². The average Bonchev–Trinajstić information content (AvgIpc) is 3.47. The number of nitrogens with zero attached hydrogens (tertiary/aromatic N) is 3. The van der Waals surface area contributed by atoms with E-state index in [1.165, 1.54) is 0 Å². The van der Waals surface area contributed by atoms with Crippen molar-refractivity contribution in [2.75, 3.05) is 6.54 Å². The lowest BCUT2D eigenvalue weighted by atomic mass is 10.1. The largest absolute Gasteiger partial charge is 0.489 e. The maximum Gasteiger partial charge on any atom is 0.303 e. The Morgan fingerprint density at radius 1 is 1.12 bits per heavy atom. The Hall–Kier alpha value is -3.68. The van der Waals surface area contributed by atoms with Crippen LogP contribution in [0.1, 0.15) is 47.9 Å². The van der Waals surface area contributed by atoms with Crippen LogP contribution in [0.3, 0.4) is 0 Å². The number of hydrogen-bond acceptors (Lipinski definition) is 6. The molecule has 1 aromatic carbocycles. The van der Waals surface area contributed by atoms with Crippen molar-refractivity contribution in [3.63, 3.8) is 0 Å². The molecule has 4 rings (SSSR count). The maximum atomic E-state index is 13.0. The molecular weight excluding hydrogens is 410 g/mol. The number of carboxylic acid groups (broad SMARTS) is 1. The second-order valence-electron chi connectivity index (χ2n) is 7.82. The molecule has 1 saturated heterocycles. The number of hydrogen-bond donors (Lipinski definition) is 1. The number of carbonyl (C=O) groups excluding carboxylic acids is 1. The molecule has 8 heteroatoms. The summed E-state index contributed by atoms with van der Waals surface area (Å²) in [6.45, 7) is 1.14. The summed E-state index contributed by atoms with van der Waals surface area (Å²) < 4.78 is 11.1. The van der Waals surface area contributed by atoms with Crippen LogP contribution < -0.4 is 4.74 Å². The standard InChI is InChI=1S/C24H25N3O5/c28-23(14-17-3-5-19(6-4-17)31-16-18-9-11-25-12-10-18)27-13-1-2-22(27)21-15-20(32-26-21)7-8-24(29)30/h3-6,9-12,15,22H,1-2,7-8,13-14,16H2,(H,29,30). The molecule has 0 radical (unpaired) electrons. The van der Waals surface area contributed by atoms with Gasteiger partial charge in [-0.25, -0.2) is 0 Å². The van der Waals surface area contributed by atoms with Crippen molar-refractivity contribution in [1.29, 1.82) is 0 Å². The molecule has 32 heavy (non-hydrogen) atoms. The van der Waals surface area contributed by atoms with Crippen LogP contribution in [-0.2, 0) is 29.0 Å². The number of carbonyl (C=O) groups is 2. The van der Waals surface area contributed by atoms with Gasteiger partial charge in [0.05, 0.1) is 18.9 Å². The van der Waals surface area contributed by atoms with Gasteiger partial charge in [-0.1, -0.05) is 17.3 Å². The molecule has 166 valence electrons. The Bertz CT molecular complexity index is 1050. The fraction of sp³-hybridized carbons (Fsp3) is 0.333. The molecule has 8 nitrogen and oxygen atoms in total. The quantitative estimate of drug-likeness (QED) is 0.548. The summed E-state index contributed by atoms with van der Waals surface area (Å²) in [5, 5.41) is 12.9. The number of aromatic nitrogens is 2. The lowest BCUT2D eigenvalue weighted by Gasteiger charge is -2.23. The normalized spacial score (nSPS) is 15.6. The molecule has 1 unspecified atom stereocenters. The van der Waals surface area contributed by atoms with Crippen LogP contribution in [0.2, 0.25) is 0 Å². The zero-order valence-corrected chi connectivity index (χ0v) is 17.6. The van der Waals surface area contributed by atoms with Gasteiger partial charge in [0.25, 0.3) is 0 Å². The van der Waals surface area contributed by atoms with Crippen molar-refractivity contribution in [2.24, 2.45) is 0 Å². The second-order valence-corrected chi connectivity index (χ2v) is 7.82. The highest BCUT2D eigenvalue weighted by atomic mass is 16.5. The number of aryl methyl sites for hydroxylation is 1. The number of benzene rings is 1. The number of aliphatic carboxylic acids is 1. The van der Waals surface area contributed by atoms with Crippen LogP contribution in [0.15, 0.2) is 59.4 Å². The molecule has 1 amide bonds. The van der Waals surface area contributed by atoms with Crippen LogP contribution in [0.25, 0.3) is 0 Å². The minimum atomic E-state index is -0.880. The highest BCUT2D eigenvalue weighted by molar-refractivity contribution is 5.79. The molecule has 1 aliphatic rings. The summed E-state index contributed by atoms with van der Waals surface area (Å²) in [5.74, 6) is 0.431. The van der Waals surface area contributed by atoms with Gasteiger partial charge in [0.15, 0.2) is 0 Å².